The molecule has 9 nitrogen and oxygen atoms in total. The van der Waals surface area contributed by atoms with Crippen molar-refractivity contribution >= 4 is 41.0 Å². The lowest BCUT2D eigenvalue weighted by molar-refractivity contribution is 0.0633. The number of nitrogens with one attached hydrogen (secondary N) is 1. The molecule has 2 N–H and O–H groups in total. The molecule has 1 amide bonds. The summed E-state index contributed by atoms with van der Waals surface area (Å²) in [6.07, 6.45) is 1.32. The number of aromatic carboxylic acids is 1. The normalized spacial score (nSPS) is 11.2. The molecular formula is C36H33Cl2N3O6. The summed E-state index contributed by atoms with van der Waals surface area (Å²) in [7, 11) is 1.54. The molecule has 0 aliphatic heterocycles. The lowest BCUT2D eigenvalue weighted by Crippen LogP contribution is -2.27. The van der Waals surface area contributed by atoms with Crippen LogP contribution in [0.2, 0.25) is 10.0 Å². The number of carbonyl (C=O) groups is 2. The summed E-state index contributed by atoms with van der Waals surface area (Å²) >= 11 is 12.6. The quantitative estimate of drug-likeness (QED) is 0.152. The summed E-state index contributed by atoms with van der Waals surface area (Å²) in [6.45, 7) is 6.00. The van der Waals surface area contributed by atoms with Crippen LogP contribution in [0, 0.1) is 0 Å². The van der Waals surface area contributed by atoms with E-state index < -0.39 is 17.7 Å². The minimum absolute atomic E-state index is 0.163. The van der Waals surface area contributed by atoms with Gasteiger partial charge in [-0.3, -0.25) is 5.32 Å². The van der Waals surface area contributed by atoms with Gasteiger partial charge in [0.15, 0.2) is 0 Å². The summed E-state index contributed by atoms with van der Waals surface area (Å²) < 4.78 is 19.0. The highest BCUT2D eigenvalue weighted by atomic mass is 35.5. The van der Waals surface area contributed by atoms with E-state index in [4.69, 9.17) is 42.4 Å². The van der Waals surface area contributed by atoms with Gasteiger partial charge in [0.2, 0.25) is 0 Å². The summed E-state index contributed by atoms with van der Waals surface area (Å²) in [4.78, 5) is 28.4. The Morgan fingerprint density at radius 2 is 1.62 bits per heavy atom. The fourth-order valence-corrected chi connectivity index (χ4v) is 5.27. The van der Waals surface area contributed by atoms with E-state index in [1.807, 2.05) is 53.2 Å². The molecule has 0 fully saturated rings. The van der Waals surface area contributed by atoms with E-state index in [0.717, 1.165) is 22.3 Å². The molecule has 11 heteroatoms. The van der Waals surface area contributed by atoms with Crippen molar-refractivity contribution in [2.75, 3.05) is 12.4 Å². The second-order valence-corrected chi connectivity index (χ2v) is 12.5. The van der Waals surface area contributed by atoms with Gasteiger partial charge in [0.05, 0.1) is 29.1 Å². The minimum Gasteiger partial charge on any atom is -0.495 e. The van der Waals surface area contributed by atoms with Crippen LogP contribution in [0.5, 0.6) is 11.5 Å². The van der Waals surface area contributed by atoms with E-state index >= 15 is 0 Å². The Morgan fingerprint density at radius 1 is 0.915 bits per heavy atom. The van der Waals surface area contributed by atoms with Gasteiger partial charge in [-0.15, -0.1) is 0 Å². The molecule has 0 aliphatic carbocycles. The van der Waals surface area contributed by atoms with E-state index in [1.54, 1.807) is 63.2 Å². The monoisotopic (exact) mass is 673 g/mol. The Kier molecular flexibility index (Phi) is 10.1. The number of methoxy groups -OCH3 is 1. The molecule has 0 saturated carbocycles. The van der Waals surface area contributed by atoms with Crippen molar-refractivity contribution in [3.05, 3.63) is 118 Å². The molecule has 0 atom stereocenters. The number of hydrogen-bond acceptors (Lipinski definition) is 6. The topological polar surface area (TPSA) is 112 Å². The van der Waals surface area contributed by atoms with E-state index in [-0.39, 0.29) is 12.2 Å². The standard InChI is InChI=1S/C36H33Cl2N3O6/c1-36(2,3)47-35(44)40-30-16-11-25(17-32(30)45-4)23-9-13-27(14-10-23)46-21-33-39-31(28-15-12-26(37)18-29(28)38)20-41(33)19-22-5-7-24(8-6-22)34(42)43/h5-18,20H,19,21H2,1-4H3,(H,40,44)(H,42,43). The number of hydrogen-bond donors (Lipinski definition) is 2. The molecule has 5 aromatic rings. The number of ether oxygens (including phenoxy) is 3. The number of carbonyl (C=O) groups excluding carboxylic acids is 1. The number of amides is 1. The molecule has 0 bridgehead atoms. The highest BCUT2D eigenvalue weighted by Gasteiger charge is 2.18. The van der Waals surface area contributed by atoms with Crippen LogP contribution < -0.4 is 14.8 Å². The number of anilines is 1. The molecule has 1 aromatic heterocycles. The molecule has 47 heavy (non-hydrogen) atoms. The van der Waals surface area contributed by atoms with Crippen molar-refractivity contribution in [1.29, 1.82) is 0 Å². The van der Waals surface area contributed by atoms with Crippen LogP contribution in [-0.2, 0) is 17.9 Å². The second kappa shape index (κ2) is 14.2. The van der Waals surface area contributed by atoms with E-state index in [9.17, 15) is 14.7 Å². The minimum atomic E-state index is -0.981. The van der Waals surface area contributed by atoms with Crippen LogP contribution in [0.4, 0.5) is 10.5 Å². The molecule has 0 spiro atoms. The highest BCUT2D eigenvalue weighted by Crippen LogP contribution is 2.33. The number of carboxylic acids is 1. The number of rotatable bonds is 10. The van der Waals surface area contributed by atoms with Crippen molar-refractivity contribution in [2.24, 2.45) is 0 Å². The molecule has 0 aliphatic rings. The maximum atomic E-state index is 12.3. The largest absolute Gasteiger partial charge is 0.495 e. The van der Waals surface area contributed by atoms with Gasteiger partial charge in [-0.05, 0) is 92.1 Å². The Bertz CT molecular complexity index is 1900. The molecule has 0 unspecified atom stereocenters. The van der Waals surface area contributed by atoms with Crippen LogP contribution in [0.15, 0.2) is 91.1 Å². The smallest absolute Gasteiger partial charge is 0.412 e. The van der Waals surface area contributed by atoms with E-state index in [1.165, 1.54) is 7.11 Å². The zero-order valence-corrected chi connectivity index (χ0v) is 27.7. The predicted molar refractivity (Wildman–Crippen MR) is 183 cm³/mol. The lowest BCUT2D eigenvalue weighted by Gasteiger charge is -2.20. The fraction of sp³-hybridized carbons (Fsp3) is 0.194. The Labute approximate surface area is 282 Å². The SMILES string of the molecule is COc1cc(-c2ccc(OCc3nc(-c4ccc(Cl)cc4Cl)cn3Cc3ccc(C(=O)O)cc3)cc2)ccc1NC(=O)OC(C)(C)C. The maximum absolute atomic E-state index is 12.3. The lowest BCUT2D eigenvalue weighted by atomic mass is 10.0. The third-order valence-electron chi connectivity index (χ3n) is 7.01. The summed E-state index contributed by atoms with van der Waals surface area (Å²) in [5, 5.41) is 13.0. The predicted octanol–water partition coefficient (Wildman–Crippen LogP) is 9.21. The number of halogens is 2. The molecule has 4 aromatic carbocycles. The highest BCUT2D eigenvalue weighted by molar-refractivity contribution is 6.36. The van der Waals surface area contributed by atoms with Crippen LogP contribution in [-0.4, -0.2) is 39.4 Å². The molecule has 0 radical (unpaired) electrons. The first-order valence-corrected chi connectivity index (χ1v) is 15.4. The first-order valence-electron chi connectivity index (χ1n) is 14.6. The average Bonchev–Trinajstić information content (AvgIpc) is 3.41. The summed E-state index contributed by atoms with van der Waals surface area (Å²) in [5.41, 5.74) is 4.18. The average molecular weight is 675 g/mol. The molecule has 1 heterocycles. The van der Waals surface area contributed by atoms with Gasteiger partial charge in [0, 0.05) is 23.3 Å². The first kappa shape index (κ1) is 33.4. The third-order valence-corrected chi connectivity index (χ3v) is 7.56. The number of imidazole rings is 1. The van der Waals surface area contributed by atoms with E-state index in [0.29, 0.717) is 45.3 Å². The van der Waals surface area contributed by atoms with Crippen LogP contribution in [0.1, 0.15) is 42.5 Å². The molecule has 0 saturated heterocycles. The van der Waals surface area contributed by atoms with Crippen LogP contribution >= 0.6 is 23.2 Å². The van der Waals surface area contributed by atoms with E-state index in [2.05, 4.69) is 5.32 Å². The van der Waals surface area contributed by atoms with Gasteiger partial charge in [-0.2, -0.15) is 0 Å². The Morgan fingerprint density at radius 3 is 2.26 bits per heavy atom. The second-order valence-electron chi connectivity index (χ2n) is 11.7. The van der Waals surface area contributed by atoms with Crippen LogP contribution in [0.25, 0.3) is 22.4 Å². The number of benzene rings is 4. The third kappa shape index (κ3) is 8.64. The number of aromatic nitrogens is 2. The number of carboxylic acid groups (broad SMARTS) is 1. The molecule has 242 valence electrons. The van der Waals surface area contributed by atoms with Crippen LogP contribution in [0.3, 0.4) is 0 Å². The maximum Gasteiger partial charge on any atom is 0.412 e. The van der Waals surface area contributed by atoms with Crippen molar-refractivity contribution in [3.63, 3.8) is 0 Å². The van der Waals surface area contributed by atoms with Crippen molar-refractivity contribution in [3.8, 4) is 33.9 Å². The van der Waals surface area contributed by atoms with Gasteiger partial charge in [0.25, 0.3) is 0 Å². The van der Waals surface area contributed by atoms with Crippen molar-refractivity contribution < 1.29 is 28.9 Å². The zero-order chi connectivity index (χ0) is 33.7. The summed E-state index contributed by atoms with van der Waals surface area (Å²) in [6, 6.07) is 25.0. The zero-order valence-electron chi connectivity index (χ0n) is 26.2. The van der Waals surface area contributed by atoms with Gasteiger partial charge in [-0.1, -0.05) is 53.5 Å². The number of nitrogens with zero attached hydrogens (tertiary/aromatic N) is 2. The van der Waals surface area contributed by atoms with Crippen molar-refractivity contribution in [2.45, 2.75) is 39.5 Å². The Hall–Kier alpha value is -4.99. The molecule has 5 rings (SSSR count). The van der Waals surface area contributed by atoms with Gasteiger partial charge in [-0.25, -0.2) is 14.6 Å². The molecular weight excluding hydrogens is 641 g/mol. The van der Waals surface area contributed by atoms with Gasteiger partial charge < -0.3 is 23.9 Å². The fourth-order valence-electron chi connectivity index (χ4n) is 4.76. The van der Waals surface area contributed by atoms with Gasteiger partial charge in [0.1, 0.15) is 29.5 Å². The Balaban J connectivity index is 1.33. The summed E-state index contributed by atoms with van der Waals surface area (Å²) in [5.74, 6) is 0.797. The van der Waals surface area contributed by atoms with Crippen molar-refractivity contribution in [1.82, 2.24) is 9.55 Å². The van der Waals surface area contributed by atoms with Gasteiger partial charge >= 0.3 is 12.1 Å². The first-order chi connectivity index (χ1) is 22.4.